The maximum atomic E-state index is 11.8. The smallest absolute Gasteiger partial charge is 0.259 e. The summed E-state index contributed by atoms with van der Waals surface area (Å²) in [7, 11) is 1.78. The Labute approximate surface area is 88.4 Å². The van der Waals surface area contributed by atoms with E-state index in [-0.39, 0.29) is 5.56 Å². The molecule has 0 N–H and O–H groups in total. The van der Waals surface area contributed by atoms with E-state index < -0.39 is 0 Å². The van der Waals surface area contributed by atoms with Crippen molar-refractivity contribution in [3.8, 4) is 0 Å². The highest BCUT2D eigenvalue weighted by atomic mass is 16.1. The van der Waals surface area contributed by atoms with Crippen molar-refractivity contribution in [3.05, 3.63) is 40.6 Å². The van der Waals surface area contributed by atoms with Crippen LogP contribution in [0.3, 0.4) is 0 Å². The number of hydrogen-bond donors (Lipinski definition) is 0. The fourth-order valence-corrected chi connectivity index (χ4v) is 1.80. The van der Waals surface area contributed by atoms with Crippen LogP contribution < -0.4 is 5.56 Å². The van der Waals surface area contributed by atoms with Crippen LogP contribution in [0, 0.1) is 0 Å². The first-order valence-corrected chi connectivity index (χ1v) is 5.04. The van der Waals surface area contributed by atoms with Gasteiger partial charge in [-0.1, -0.05) is 13.8 Å². The third-order valence-corrected chi connectivity index (χ3v) is 2.64. The molecule has 0 bridgehead atoms. The molecule has 0 radical (unpaired) electrons. The van der Waals surface area contributed by atoms with E-state index in [1.807, 2.05) is 12.3 Å². The Bertz CT molecular complexity index is 555. The summed E-state index contributed by atoms with van der Waals surface area (Å²) in [5, 5.41) is 1.72. The first-order chi connectivity index (χ1) is 7.11. The Morgan fingerprint density at radius 3 is 2.73 bits per heavy atom. The van der Waals surface area contributed by atoms with Gasteiger partial charge in [-0.05, 0) is 22.9 Å². The Balaban J connectivity index is 2.95. The topological polar surface area (TPSA) is 34.9 Å². The first kappa shape index (κ1) is 9.90. The predicted molar refractivity (Wildman–Crippen MR) is 61.1 cm³/mol. The molecule has 0 aliphatic heterocycles. The molecule has 0 aliphatic carbocycles. The lowest BCUT2D eigenvalue weighted by Gasteiger charge is -2.11. The van der Waals surface area contributed by atoms with Crippen molar-refractivity contribution >= 4 is 10.8 Å². The van der Waals surface area contributed by atoms with Crippen LogP contribution in [0.4, 0.5) is 0 Å². The summed E-state index contributed by atoms with van der Waals surface area (Å²) in [6, 6.07) is 1.91. The molecule has 0 amide bonds. The Kier molecular flexibility index (Phi) is 2.31. The van der Waals surface area contributed by atoms with Crippen LogP contribution in [0.5, 0.6) is 0 Å². The molecule has 0 unspecified atom stereocenters. The zero-order valence-electron chi connectivity index (χ0n) is 9.19. The standard InChI is InChI=1S/C12H14N2O/c1-8(2)11-7-14(3)12(15)10-6-13-5-4-9(10)11/h4-8H,1-3H3. The third kappa shape index (κ3) is 1.54. The number of fused-ring (bicyclic) bond motifs is 1. The fourth-order valence-electron chi connectivity index (χ4n) is 1.80. The van der Waals surface area contributed by atoms with Gasteiger partial charge in [0.05, 0.1) is 5.39 Å². The Morgan fingerprint density at radius 2 is 2.07 bits per heavy atom. The number of hydrogen-bond acceptors (Lipinski definition) is 2. The molecule has 2 heterocycles. The highest BCUT2D eigenvalue weighted by Crippen LogP contribution is 2.21. The van der Waals surface area contributed by atoms with Crippen molar-refractivity contribution in [2.45, 2.75) is 19.8 Å². The van der Waals surface area contributed by atoms with Crippen molar-refractivity contribution in [1.82, 2.24) is 9.55 Å². The van der Waals surface area contributed by atoms with Gasteiger partial charge >= 0.3 is 0 Å². The van der Waals surface area contributed by atoms with Gasteiger partial charge in [-0.2, -0.15) is 0 Å². The second-order valence-electron chi connectivity index (χ2n) is 4.08. The summed E-state index contributed by atoms with van der Waals surface area (Å²) in [4.78, 5) is 15.8. The Morgan fingerprint density at radius 1 is 1.33 bits per heavy atom. The van der Waals surface area contributed by atoms with Gasteiger partial charge in [0, 0.05) is 25.6 Å². The predicted octanol–water partition coefficient (Wildman–Crippen LogP) is 2.06. The second kappa shape index (κ2) is 3.50. The minimum absolute atomic E-state index is 0.0162. The van der Waals surface area contributed by atoms with E-state index >= 15 is 0 Å². The summed E-state index contributed by atoms with van der Waals surface area (Å²) >= 11 is 0. The highest BCUT2D eigenvalue weighted by Gasteiger charge is 2.09. The van der Waals surface area contributed by atoms with Crippen molar-refractivity contribution in [2.75, 3.05) is 0 Å². The molecule has 0 saturated heterocycles. The first-order valence-electron chi connectivity index (χ1n) is 5.04. The molecule has 0 atom stereocenters. The summed E-state index contributed by atoms with van der Waals surface area (Å²) in [6.45, 7) is 4.25. The molecule has 0 saturated carbocycles. The largest absolute Gasteiger partial charge is 0.318 e. The number of aryl methyl sites for hydroxylation is 1. The van der Waals surface area contributed by atoms with Crippen LogP contribution in [0.1, 0.15) is 25.3 Å². The lowest BCUT2D eigenvalue weighted by atomic mass is 10.00. The number of nitrogens with zero attached hydrogens (tertiary/aromatic N) is 2. The number of aromatic nitrogens is 2. The van der Waals surface area contributed by atoms with Crippen LogP contribution in [0.15, 0.2) is 29.5 Å². The van der Waals surface area contributed by atoms with Crippen LogP contribution in [0.2, 0.25) is 0 Å². The zero-order valence-corrected chi connectivity index (χ0v) is 9.19. The van der Waals surface area contributed by atoms with Crippen LogP contribution in [0.25, 0.3) is 10.8 Å². The number of rotatable bonds is 1. The molecule has 0 fully saturated rings. The lowest BCUT2D eigenvalue weighted by molar-refractivity contribution is 0.809. The molecular formula is C12H14N2O. The van der Waals surface area contributed by atoms with Gasteiger partial charge in [0.15, 0.2) is 0 Å². The van der Waals surface area contributed by atoms with Gasteiger partial charge in [0.25, 0.3) is 5.56 Å². The molecule has 3 heteroatoms. The van der Waals surface area contributed by atoms with E-state index in [1.165, 1.54) is 5.56 Å². The molecular weight excluding hydrogens is 188 g/mol. The molecule has 0 spiro atoms. The maximum Gasteiger partial charge on any atom is 0.259 e. The molecule has 0 aliphatic rings. The SMILES string of the molecule is CC(C)c1cn(C)c(=O)c2cnccc12. The quantitative estimate of drug-likeness (QED) is 0.709. The summed E-state index contributed by atoms with van der Waals surface area (Å²) in [5.41, 5.74) is 1.21. The molecule has 78 valence electrons. The van der Waals surface area contributed by atoms with Gasteiger partial charge in [0.1, 0.15) is 0 Å². The van der Waals surface area contributed by atoms with Gasteiger partial charge in [-0.15, -0.1) is 0 Å². The molecule has 2 aromatic rings. The number of pyridine rings is 2. The fraction of sp³-hybridized carbons (Fsp3) is 0.333. The molecule has 3 nitrogen and oxygen atoms in total. The zero-order chi connectivity index (χ0) is 11.0. The van der Waals surface area contributed by atoms with Gasteiger partial charge in [-0.25, -0.2) is 0 Å². The van der Waals surface area contributed by atoms with E-state index in [1.54, 1.807) is 24.0 Å². The second-order valence-corrected chi connectivity index (χ2v) is 4.08. The third-order valence-electron chi connectivity index (χ3n) is 2.64. The Hall–Kier alpha value is -1.64. The molecule has 15 heavy (non-hydrogen) atoms. The maximum absolute atomic E-state index is 11.8. The normalized spacial score (nSPS) is 11.2. The van der Waals surface area contributed by atoms with Gasteiger partial charge in [0.2, 0.25) is 0 Å². The van der Waals surface area contributed by atoms with Crippen molar-refractivity contribution < 1.29 is 0 Å². The average molecular weight is 202 g/mol. The van der Waals surface area contributed by atoms with Gasteiger partial charge in [-0.3, -0.25) is 9.78 Å². The van der Waals surface area contributed by atoms with Crippen LogP contribution in [-0.4, -0.2) is 9.55 Å². The van der Waals surface area contributed by atoms with E-state index in [0.29, 0.717) is 11.3 Å². The minimum atomic E-state index is 0.0162. The van der Waals surface area contributed by atoms with Crippen molar-refractivity contribution in [2.24, 2.45) is 7.05 Å². The van der Waals surface area contributed by atoms with Crippen molar-refractivity contribution in [1.29, 1.82) is 0 Å². The van der Waals surface area contributed by atoms with Crippen molar-refractivity contribution in [3.63, 3.8) is 0 Å². The summed E-state index contributed by atoms with van der Waals surface area (Å²) in [6.07, 6.45) is 5.28. The van der Waals surface area contributed by atoms with Crippen LogP contribution in [-0.2, 0) is 7.05 Å². The van der Waals surface area contributed by atoms with Gasteiger partial charge < -0.3 is 4.57 Å². The van der Waals surface area contributed by atoms with E-state index in [2.05, 4.69) is 18.8 Å². The molecule has 0 aromatic carbocycles. The van der Waals surface area contributed by atoms with E-state index in [9.17, 15) is 4.79 Å². The minimum Gasteiger partial charge on any atom is -0.318 e. The lowest BCUT2D eigenvalue weighted by Crippen LogP contribution is -2.17. The van der Waals surface area contributed by atoms with E-state index in [4.69, 9.17) is 0 Å². The summed E-state index contributed by atoms with van der Waals surface area (Å²) in [5.74, 6) is 0.404. The molecule has 2 rings (SSSR count). The molecule has 2 aromatic heterocycles. The average Bonchev–Trinajstić information content (AvgIpc) is 2.23. The van der Waals surface area contributed by atoms with Crippen LogP contribution >= 0.6 is 0 Å². The monoisotopic (exact) mass is 202 g/mol. The summed E-state index contributed by atoms with van der Waals surface area (Å²) < 4.78 is 1.62. The van der Waals surface area contributed by atoms with E-state index in [0.717, 1.165) is 5.39 Å². The highest BCUT2D eigenvalue weighted by molar-refractivity contribution is 5.84.